The first-order valence-corrected chi connectivity index (χ1v) is 15.7. The second-order valence-electron chi connectivity index (χ2n) is 11.8. The smallest absolute Gasteiger partial charge is 0.354 e. The molecule has 0 saturated carbocycles. The van der Waals surface area contributed by atoms with Crippen LogP contribution in [0, 0.1) is 5.82 Å². The van der Waals surface area contributed by atoms with Gasteiger partial charge in [0.2, 0.25) is 0 Å². The largest absolute Gasteiger partial charge is 0.356 e. The highest BCUT2D eigenvalue weighted by Gasteiger charge is 2.22. The van der Waals surface area contributed by atoms with Gasteiger partial charge in [-0.3, -0.25) is 4.57 Å². The van der Waals surface area contributed by atoms with Crippen LogP contribution in [-0.4, -0.2) is 43.1 Å². The number of anilines is 1. The Kier molecular flexibility index (Phi) is 9.11. The van der Waals surface area contributed by atoms with E-state index in [9.17, 15) is 4.79 Å². The van der Waals surface area contributed by atoms with Crippen LogP contribution in [-0.2, 0) is 6.42 Å². The van der Waals surface area contributed by atoms with Gasteiger partial charge in [-0.1, -0.05) is 30.2 Å². The molecule has 230 valence electrons. The minimum Gasteiger partial charge on any atom is -0.356 e. The van der Waals surface area contributed by atoms with E-state index in [0.29, 0.717) is 28.3 Å². The van der Waals surface area contributed by atoms with Crippen molar-refractivity contribution in [2.75, 3.05) is 11.9 Å². The van der Waals surface area contributed by atoms with Gasteiger partial charge < -0.3 is 26.3 Å². The van der Waals surface area contributed by atoms with E-state index in [0.717, 1.165) is 68.7 Å². The van der Waals surface area contributed by atoms with Crippen molar-refractivity contribution in [3.8, 4) is 16.9 Å². The number of piperidine rings is 1. The van der Waals surface area contributed by atoms with Crippen molar-refractivity contribution in [3.63, 3.8) is 0 Å². The van der Waals surface area contributed by atoms with Crippen molar-refractivity contribution in [1.82, 2.24) is 29.8 Å². The number of H-pyrrole nitrogens is 2. The lowest BCUT2D eigenvalue weighted by atomic mass is 9.92. The molecule has 0 bridgehead atoms. The summed E-state index contributed by atoms with van der Waals surface area (Å²) in [5.41, 5.74) is 9.58. The summed E-state index contributed by atoms with van der Waals surface area (Å²) in [6, 6.07) is 14.1. The van der Waals surface area contributed by atoms with Gasteiger partial charge in [0.15, 0.2) is 11.8 Å². The number of nitrogens with zero attached hydrogens (tertiary/aromatic N) is 3. The predicted octanol–water partition coefficient (Wildman–Crippen LogP) is 6.25. The number of nitrogens with two attached hydrogens (primary N) is 1. The van der Waals surface area contributed by atoms with Gasteiger partial charge in [0.25, 0.3) is 0 Å². The normalized spacial score (nSPS) is 17.6. The zero-order valence-electron chi connectivity index (χ0n) is 24.7. The summed E-state index contributed by atoms with van der Waals surface area (Å²) in [6.45, 7) is 2.81. The molecule has 2 aromatic carbocycles. The fraction of sp³-hybridized carbons (Fsp3) is 0.364. The summed E-state index contributed by atoms with van der Waals surface area (Å²) in [6.07, 6.45) is 12.2. The maximum atomic E-state index is 15.1. The van der Waals surface area contributed by atoms with Crippen LogP contribution < -0.4 is 22.1 Å². The minimum atomic E-state index is -0.507. The van der Waals surface area contributed by atoms with E-state index in [1.165, 1.54) is 10.1 Å². The third kappa shape index (κ3) is 6.88. The number of halogens is 2. The zero-order valence-corrected chi connectivity index (χ0v) is 25.5. The second-order valence-corrected chi connectivity index (χ2v) is 12.2. The molecule has 4 heterocycles. The number of aromatic nitrogens is 5. The molecule has 0 unspecified atom stereocenters. The number of benzene rings is 2. The molecule has 1 saturated heterocycles. The first-order valence-electron chi connectivity index (χ1n) is 15.3. The number of aryl methyl sites for hydroxylation is 1. The number of fused-ring (bicyclic) bond motifs is 1. The highest BCUT2D eigenvalue weighted by molar-refractivity contribution is 6.31. The quantitative estimate of drug-likeness (QED) is 0.119. The Morgan fingerprint density at radius 2 is 2.05 bits per heavy atom. The van der Waals surface area contributed by atoms with Crippen molar-refractivity contribution in [2.24, 2.45) is 5.73 Å². The van der Waals surface area contributed by atoms with Crippen molar-refractivity contribution < 1.29 is 4.39 Å². The van der Waals surface area contributed by atoms with Crippen LogP contribution in [0.5, 0.6) is 0 Å². The Labute approximate surface area is 260 Å². The van der Waals surface area contributed by atoms with Crippen molar-refractivity contribution >= 4 is 28.6 Å². The molecular formula is C33H38ClFN8O. The van der Waals surface area contributed by atoms with E-state index in [2.05, 4.69) is 42.7 Å². The average molecular weight is 617 g/mol. The molecule has 3 aromatic heterocycles. The van der Waals surface area contributed by atoms with E-state index in [1.807, 2.05) is 25.3 Å². The Morgan fingerprint density at radius 3 is 2.82 bits per heavy atom. The lowest BCUT2D eigenvalue weighted by Gasteiger charge is -2.31. The Bertz CT molecular complexity index is 1760. The highest BCUT2D eigenvalue weighted by Crippen LogP contribution is 2.32. The van der Waals surface area contributed by atoms with Crippen LogP contribution in [0.3, 0.4) is 0 Å². The molecule has 1 aliphatic rings. The van der Waals surface area contributed by atoms with Crippen LogP contribution in [0.2, 0.25) is 5.02 Å². The minimum absolute atomic E-state index is 0.0638. The average Bonchev–Trinajstić information content (AvgIpc) is 3.68. The summed E-state index contributed by atoms with van der Waals surface area (Å²) in [7, 11) is 0. The van der Waals surface area contributed by atoms with Crippen LogP contribution in [0.15, 0.2) is 65.8 Å². The van der Waals surface area contributed by atoms with Crippen molar-refractivity contribution in [3.05, 3.63) is 93.5 Å². The van der Waals surface area contributed by atoms with Gasteiger partial charge in [-0.15, -0.1) is 0 Å². The van der Waals surface area contributed by atoms with Gasteiger partial charge in [0.1, 0.15) is 5.65 Å². The predicted molar refractivity (Wildman–Crippen MR) is 174 cm³/mol. The fourth-order valence-corrected chi connectivity index (χ4v) is 6.28. The van der Waals surface area contributed by atoms with Gasteiger partial charge in [0.05, 0.1) is 16.4 Å². The number of rotatable bonds is 11. The third-order valence-electron chi connectivity index (χ3n) is 8.35. The molecule has 0 amide bonds. The molecule has 11 heteroatoms. The summed E-state index contributed by atoms with van der Waals surface area (Å²) in [5, 5.41) is 7.87. The molecule has 44 heavy (non-hydrogen) atoms. The molecule has 5 aromatic rings. The lowest BCUT2D eigenvalue weighted by Crippen LogP contribution is -2.38. The molecule has 6 N–H and O–H groups in total. The van der Waals surface area contributed by atoms with Crippen LogP contribution in [0.4, 0.5) is 10.3 Å². The topological polar surface area (TPSA) is 129 Å². The summed E-state index contributed by atoms with van der Waals surface area (Å²) >= 11 is 6.26. The first kappa shape index (κ1) is 30.1. The van der Waals surface area contributed by atoms with E-state index >= 15 is 4.39 Å². The summed E-state index contributed by atoms with van der Waals surface area (Å²) in [4.78, 5) is 27.7. The number of hydrogen-bond donors (Lipinski definition) is 5. The molecular weight excluding hydrogens is 579 g/mol. The molecule has 1 fully saturated rings. The van der Waals surface area contributed by atoms with Crippen LogP contribution in [0.25, 0.3) is 28.0 Å². The van der Waals surface area contributed by atoms with E-state index in [1.54, 1.807) is 30.6 Å². The molecule has 6 rings (SSSR count). The maximum absolute atomic E-state index is 15.1. The lowest BCUT2D eigenvalue weighted by molar-refractivity contribution is 0.316. The molecule has 3 atom stereocenters. The summed E-state index contributed by atoms with van der Waals surface area (Å²) in [5.74, 6) is 0.286. The van der Waals surface area contributed by atoms with Gasteiger partial charge in [-0.2, -0.15) is 4.98 Å². The molecule has 9 nitrogen and oxygen atoms in total. The first-order chi connectivity index (χ1) is 21.3. The Balaban J connectivity index is 1.17. The number of aromatic amines is 2. The maximum Gasteiger partial charge on any atom is 0.354 e. The van der Waals surface area contributed by atoms with Crippen LogP contribution >= 0.6 is 11.6 Å². The van der Waals surface area contributed by atoms with Crippen molar-refractivity contribution in [1.29, 1.82) is 0 Å². The van der Waals surface area contributed by atoms with Gasteiger partial charge >= 0.3 is 5.69 Å². The van der Waals surface area contributed by atoms with Crippen LogP contribution in [0.1, 0.15) is 62.6 Å². The number of hydrogen-bond acceptors (Lipinski definition) is 6. The van der Waals surface area contributed by atoms with Gasteiger partial charge in [-0.25, -0.2) is 14.2 Å². The molecule has 1 aliphatic heterocycles. The molecule has 0 aliphatic carbocycles. The fourth-order valence-electron chi connectivity index (χ4n) is 6.04. The Morgan fingerprint density at radius 1 is 1.20 bits per heavy atom. The van der Waals surface area contributed by atoms with Gasteiger partial charge in [-0.05, 0) is 86.9 Å². The zero-order chi connectivity index (χ0) is 30.6. The number of imidazole rings is 1. The monoisotopic (exact) mass is 616 g/mol. The number of nitrogens with one attached hydrogen (secondary N) is 4. The molecule has 0 radical (unpaired) electrons. The molecule has 0 spiro atoms. The Hall–Kier alpha value is -3.99. The standard InChI is InChI=1S/C33H38ClFN8O/c1-20(36)4-2-5-21-16-26(30(35)27(34)17-21)29-18-23-19-43(33(44)42-31(23)41-29)25-10-8-22(9-11-25)28-7-3-6-24(40-28)12-13-37-32-38-14-15-39-32/h8-11,14-20,24,28,40H,2-7,12-13,36H2,1H3,(H2,37,38,39)(H,41,42,44)/t20-,24+,28+/m0/s1. The second kappa shape index (κ2) is 13.3. The van der Waals surface area contributed by atoms with Gasteiger partial charge in [0, 0.05) is 54.2 Å². The van der Waals surface area contributed by atoms with E-state index in [-0.39, 0.29) is 17.1 Å². The highest BCUT2D eigenvalue weighted by atomic mass is 35.5. The third-order valence-corrected chi connectivity index (χ3v) is 8.63. The van der Waals surface area contributed by atoms with E-state index < -0.39 is 11.5 Å². The van der Waals surface area contributed by atoms with E-state index in [4.69, 9.17) is 17.3 Å². The summed E-state index contributed by atoms with van der Waals surface area (Å²) < 4.78 is 16.7. The SMILES string of the molecule is C[C@H](N)CCCc1cc(Cl)c(F)c(-c2cc3cn(-c4ccc([C@H]5CCC[C@H](CCNc6ncc[nH]6)N5)cc4)c(=O)nc3[nH]2)c1. The van der Waals surface area contributed by atoms with Crippen molar-refractivity contribution in [2.45, 2.75) is 70.0 Å².